The zero-order valence-electron chi connectivity index (χ0n) is 10.7. The van der Waals surface area contributed by atoms with E-state index in [0.717, 1.165) is 25.8 Å². The standard InChI is InChI=1S/C13H26N2O/c1-3-11-9-15(12(4-2)8-14-11)13-6-5-7-16-10-13/h11-14H,3-10H2,1-2H3. The molecule has 0 radical (unpaired) electrons. The lowest BCUT2D eigenvalue weighted by molar-refractivity contribution is -0.0163. The quantitative estimate of drug-likeness (QED) is 0.791. The van der Waals surface area contributed by atoms with Gasteiger partial charge in [0.25, 0.3) is 0 Å². The maximum absolute atomic E-state index is 5.63. The third-order valence-electron chi connectivity index (χ3n) is 4.11. The molecule has 2 fully saturated rings. The van der Waals surface area contributed by atoms with Gasteiger partial charge in [-0.3, -0.25) is 4.90 Å². The van der Waals surface area contributed by atoms with E-state index >= 15 is 0 Å². The Kier molecular flexibility index (Phi) is 4.62. The van der Waals surface area contributed by atoms with E-state index in [1.807, 2.05) is 0 Å². The molecule has 0 aliphatic carbocycles. The Morgan fingerprint density at radius 2 is 2.19 bits per heavy atom. The summed E-state index contributed by atoms with van der Waals surface area (Å²) in [6.45, 7) is 8.87. The van der Waals surface area contributed by atoms with Crippen LogP contribution in [0.1, 0.15) is 39.5 Å². The maximum atomic E-state index is 5.63. The van der Waals surface area contributed by atoms with Crippen LogP contribution in [0.3, 0.4) is 0 Å². The number of ether oxygens (including phenoxy) is 1. The first-order valence-electron chi connectivity index (χ1n) is 6.92. The summed E-state index contributed by atoms with van der Waals surface area (Å²) in [6, 6.07) is 2.08. The van der Waals surface area contributed by atoms with E-state index in [4.69, 9.17) is 4.74 Å². The van der Waals surface area contributed by atoms with Gasteiger partial charge in [-0.05, 0) is 25.7 Å². The Labute approximate surface area is 99.5 Å². The fraction of sp³-hybridized carbons (Fsp3) is 1.00. The molecule has 0 aromatic carbocycles. The van der Waals surface area contributed by atoms with Crippen LogP contribution in [0, 0.1) is 0 Å². The van der Waals surface area contributed by atoms with Crippen molar-refractivity contribution in [2.75, 3.05) is 26.3 Å². The topological polar surface area (TPSA) is 24.5 Å². The highest BCUT2D eigenvalue weighted by molar-refractivity contribution is 4.89. The van der Waals surface area contributed by atoms with Crippen LogP contribution < -0.4 is 5.32 Å². The van der Waals surface area contributed by atoms with E-state index in [1.54, 1.807) is 0 Å². The third-order valence-corrected chi connectivity index (χ3v) is 4.11. The van der Waals surface area contributed by atoms with Gasteiger partial charge in [-0.25, -0.2) is 0 Å². The van der Waals surface area contributed by atoms with Crippen molar-refractivity contribution in [3.05, 3.63) is 0 Å². The van der Waals surface area contributed by atoms with Gasteiger partial charge in [-0.1, -0.05) is 13.8 Å². The van der Waals surface area contributed by atoms with E-state index < -0.39 is 0 Å². The molecule has 0 amide bonds. The molecule has 2 aliphatic rings. The van der Waals surface area contributed by atoms with Crippen molar-refractivity contribution in [3.63, 3.8) is 0 Å². The van der Waals surface area contributed by atoms with Crippen molar-refractivity contribution in [2.45, 2.75) is 57.7 Å². The second-order valence-electron chi connectivity index (χ2n) is 5.14. The molecule has 16 heavy (non-hydrogen) atoms. The van der Waals surface area contributed by atoms with Crippen LogP contribution in [0.5, 0.6) is 0 Å². The second kappa shape index (κ2) is 5.99. The summed E-state index contributed by atoms with van der Waals surface area (Å²) >= 11 is 0. The summed E-state index contributed by atoms with van der Waals surface area (Å²) < 4.78 is 5.63. The first kappa shape index (κ1) is 12.3. The molecule has 2 rings (SSSR count). The fourth-order valence-corrected chi connectivity index (χ4v) is 2.97. The van der Waals surface area contributed by atoms with Gasteiger partial charge >= 0.3 is 0 Å². The lowest BCUT2D eigenvalue weighted by Crippen LogP contribution is -2.60. The van der Waals surface area contributed by atoms with Gasteiger partial charge in [0.1, 0.15) is 0 Å². The largest absolute Gasteiger partial charge is 0.380 e. The van der Waals surface area contributed by atoms with Gasteiger partial charge < -0.3 is 10.1 Å². The molecule has 2 saturated heterocycles. The first-order chi connectivity index (χ1) is 7.85. The van der Waals surface area contributed by atoms with E-state index in [-0.39, 0.29) is 0 Å². The molecule has 94 valence electrons. The van der Waals surface area contributed by atoms with Gasteiger partial charge in [0, 0.05) is 37.8 Å². The number of hydrogen-bond acceptors (Lipinski definition) is 3. The molecule has 2 heterocycles. The number of nitrogens with zero attached hydrogens (tertiary/aromatic N) is 1. The molecule has 2 aliphatic heterocycles. The summed E-state index contributed by atoms with van der Waals surface area (Å²) in [5.74, 6) is 0. The summed E-state index contributed by atoms with van der Waals surface area (Å²) in [5.41, 5.74) is 0. The predicted octanol–water partition coefficient (Wildman–Crippen LogP) is 1.63. The lowest BCUT2D eigenvalue weighted by Gasteiger charge is -2.45. The monoisotopic (exact) mass is 226 g/mol. The zero-order valence-corrected chi connectivity index (χ0v) is 10.7. The van der Waals surface area contributed by atoms with Crippen molar-refractivity contribution in [1.82, 2.24) is 10.2 Å². The molecule has 1 N–H and O–H groups in total. The normalized spacial score (nSPS) is 37.5. The van der Waals surface area contributed by atoms with E-state index in [2.05, 4.69) is 24.1 Å². The lowest BCUT2D eigenvalue weighted by atomic mass is 9.99. The SMILES string of the molecule is CCC1CN(C2CCCOC2)C(CC)CN1. The smallest absolute Gasteiger partial charge is 0.0621 e. The molecule has 0 spiro atoms. The van der Waals surface area contributed by atoms with Crippen molar-refractivity contribution >= 4 is 0 Å². The summed E-state index contributed by atoms with van der Waals surface area (Å²) in [6.07, 6.45) is 5.05. The maximum Gasteiger partial charge on any atom is 0.0621 e. The first-order valence-corrected chi connectivity index (χ1v) is 6.92. The van der Waals surface area contributed by atoms with Crippen LogP contribution in [0.2, 0.25) is 0 Å². The average molecular weight is 226 g/mol. The Morgan fingerprint density at radius 1 is 1.31 bits per heavy atom. The summed E-state index contributed by atoms with van der Waals surface area (Å²) in [4.78, 5) is 2.71. The Balaban J connectivity index is 1.95. The number of rotatable bonds is 3. The minimum absolute atomic E-state index is 0.676. The summed E-state index contributed by atoms with van der Waals surface area (Å²) in [5, 5.41) is 3.66. The molecule has 3 nitrogen and oxygen atoms in total. The van der Waals surface area contributed by atoms with Crippen molar-refractivity contribution in [1.29, 1.82) is 0 Å². The highest BCUT2D eigenvalue weighted by atomic mass is 16.5. The molecule has 0 bridgehead atoms. The minimum Gasteiger partial charge on any atom is -0.380 e. The van der Waals surface area contributed by atoms with Crippen LogP contribution in [0.25, 0.3) is 0 Å². The molecule has 3 unspecified atom stereocenters. The molecule has 0 saturated carbocycles. The van der Waals surface area contributed by atoms with Crippen molar-refractivity contribution < 1.29 is 4.74 Å². The number of piperazine rings is 1. The van der Waals surface area contributed by atoms with Gasteiger partial charge in [0.05, 0.1) is 6.61 Å². The van der Waals surface area contributed by atoms with Gasteiger partial charge in [0.2, 0.25) is 0 Å². The van der Waals surface area contributed by atoms with Gasteiger partial charge in [-0.15, -0.1) is 0 Å². The minimum atomic E-state index is 0.676. The van der Waals surface area contributed by atoms with Gasteiger partial charge in [-0.2, -0.15) is 0 Å². The Bertz CT molecular complexity index is 204. The molecule has 3 atom stereocenters. The molecular formula is C13H26N2O. The van der Waals surface area contributed by atoms with Gasteiger partial charge in [0.15, 0.2) is 0 Å². The zero-order chi connectivity index (χ0) is 11.4. The van der Waals surface area contributed by atoms with E-state index in [9.17, 15) is 0 Å². The Hall–Kier alpha value is -0.120. The van der Waals surface area contributed by atoms with Crippen LogP contribution in [-0.2, 0) is 4.74 Å². The highest BCUT2D eigenvalue weighted by Gasteiger charge is 2.32. The number of hydrogen-bond donors (Lipinski definition) is 1. The number of nitrogens with one attached hydrogen (secondary N) is 1. The third kappa shape index (κ3) is 2.76. The van der Waals surface area contributed by atoms with Crippen LogP contribution in [0.15, 0.2) is 0 Å². The molecular weight excluding hydrogens is 200 g/mol. The molecule has 3 heteroatoms. The Morgan fingerprint density at radius 3 is 2.81 bits per heavy atom. The second-order valence-corrected chi connectivity index (χ2v) is 5.14. The predicted molar refractivity (Wildman–Crippen MR) is 66.7 cm³/mol. The average Bonchev–Trinajstić information content (AvgIpc) is 2.39. The molecule has 0 aromatic rings. The highest BCUT2D eigenvalue weighted by Crippen LogP contribution is 2.21. The molecule has 0 aromatic heterocycles. The summed E-state index contributed by atoms with van der Waals surface area (Å²) in [7, 11) is 0. The van der Waals surface area contributed by atoms with Crippen LogP contribution in [-0.4, -0.2) is 49.3 Å². The van der Waals surface area contributed by atoms with Crippen molar-refractivity contribution in [2.24, 2.45) is 0 Å². The van der Waals surface area contributed by atoms with Crippen LogP contribution in [0.4, 0.5) is 0 Å². The van der Waals surface area contributed by atoms with Crippen LogP contribution >= 0.6 is 0 Å². The van der Waals surface area contributed by atoms with E-state index in [1.165, 1.54) is 32.2 Å². The fourth-order valence-electron chi connectivity index (χ4n) is 2.97. The van der Waals surface area contributed by atoms with Crippen molar-refractivity contribution in [3.8, 4) is 0 Å². The van der Waals surface area contributed by atoms with E-state index in [0.29, 0.717) is 12.1 Å².